The van der Waals surface area contributed by atoms with Crippen LogP contribution in [0.4, 0.5) is 11.4 Å². The summed E-state index contributed by atoms with van der Waals surface area (Å²) in [5.74, 6) is -0.721. The molecule has 0 bridgehead atoms. The molecule has 184 valence electrons. The van der Waals surface area contributed by atoms with Gasteiger partial charge in [-0.3, -0.25) is 13.9 Å². The second kappa shape index (κ2) is 10.2. The fourth-order valence-electron chi connectivity index (χ4n) is 3.70. The number of carbonyl (C=O) groups is 2. The summed E-state index contributed by atoms with van der Waals surface area (Å²) in [5, 5.41) is 3.08. The summed E-state index contributed by atoms with van der Waals surface area (Å²) in [6.45, 7) is 7.81. The summed E-state index contributed by atoms with van der Waals surface area (Å²) in [7, 11) is -3.78. The summed E-state index contributed by atoms with van der Waals surface area (Å²) < 4.78 is 26.0. The summed E-state index contributed by atoms with van der Waals surface area (Å²) >= 11 is 6.03. The fourth-order valence-corrected chi connectivity index (χ4v) is 5.05. The van der Waals surface area contributed by atoms with Gasteiger partial charge in [0, 0.05) is 21.8 Å². The van der Waals surface area contributed by atoms with Gasteiger partial charge in [-0.2, -0.15) is 0 Å². The van der Waals surface area contributed by atoms with Gasteiger partial charge in [0.2, 0.25) is 15.9 Å². The number of sulfonamides is 1. The maximum atomic E-state index is 13.0. The van der Waals surface area contributed by atoms with E-state index in [1.807, 2.05) is 12.1 Å². The predicted octanol–water partition coefficient (Wildman–Crippen LogP) is 5.66. The Kier molecular flexibility index (Phi) is 7.72. The van der Waals surface area contributed by atoms with E-state index in [1.54, 1.807) is 54.6 Å². The number of amides is 1. The van der Waals surface area contributed by atoms with Gasteiger partial charge in [0.1, 0.15) is 6.04 Å². The SMILES string of the molecule is C[C@@H](C(=O)Nc1cccc(C(=O)c2ccc(C(C)(C)C)cc2)c1)N(c1cccc(Cl)c1)S(C)(=O)=O. The van der Waals surface area contributed by atoms with Crippen LogP contribution in [-0.2, 0) is 20.2 Å². The van der Waals surface area contributed by atoms with E-state index in [2.05, 4.69) is 26.1 Å². The molecule has 0 fully saturated rings. The van der Waals surface area contributed by atoms with Crippen LogP contribution in [0.15, 0.2) is 72.8 Å². The quantitative estimate of drug-likeness (QED) is 0.414. The van der Waals surface area contributed by atoms with E-state index >= 15 is 0 Å². The molecule has 0 saturated heterocycles. The average molecular weight is 513 g/mol. The van der Waals surface area contributed by atoms with E-state index in [-0.39, 0.29) is 16.9 Å². The van der Waals surface area contributed by atoms with Crippen molar-refractivity contribution in [3.05, 3.63) is 94.5 Å². The molecule has 3 aromatic rings. The summed E-state index contributed by atoms with van der Waals surface area (Å²) in [6, 6.07) is 19.3. The Morgan fingerprint density at radius 2 is 1.54 bits per heavy atom. The molecule has 35 heavy (non-hydrogen) atoms. The minimum atomic E-state index is -3.78. The molecule has 6 nitrogen and oxygen atoms in total. The second-order valence-corrected chi connectivity index (χ2v) is 11.7. The highest BCUT2D eigenvalue weighted by atomic mass is 35.5. The van der Waals surface area contributed by atoms with E-state index < -0.39 is 22.0 Å². The summed E-state index contributed by atoms with van der Waals surface area (Å²) in [4.78, 5) is 26.0. The van der Waals surface area contributed by atoms with Crippen LogP contribution in [0.3, 0.4) is 0 Å². The predicted molar refractivity (Wildman–Crippen MR) is 142 cm³/mol. The molecular weight excluding hydrogens is 484 g/mol. The van der Waals surface area contributed by atoms with Gasteiger partial charge in [-0.1, -0.05) is 74.8 Å². The van der Waals surface area contributed by atoms with Crippen molar-refractivity contribution in [3.8, 4) is 0 Å². The molecule has 0 radical (unpaired) electrons. The van der Waals surface area contributed by atoms with E-state index in [0.717, 1.165) is 16.1 Å². The topological polar surface area (TPSA) is 83.6 Å². The number of hydrogen-bond acceptors (Lipinski definition) is 4. The summed E-state index contributed by atoms with van der Waals surface area (Å²) in [5.41, 5.74) is 2.73. The van der Waals surface area contributed by atoms with Gasteiger partial charge in [-0.15, -0.1) is 0 Å². The fraction of sp³-hybridized carbons (Fsp3) is 0.259. The van der Waals surface area contributed by atoms with Crippen LogP contribution in [0.1, 0.15) is 49.2 Å². The molecule has 8 heteroatoms. The normalized spacial score (nSPS) is 12.6. The third-order valence-electron chi connectivity index (χ3n) is 5.56. The van der Waals surface area contributed by atoms with Gasteiger partial charge < -0.3 is 5.32 Å². The van der Waals surface area contributed by atoms with E-state index in [9.17, 15) is 18.0 Å². The van der Waals surface area contributed by atoms with Crippen LogP contribution in [0.5, 0.6) is 0 Å². The molecule has 1 amide bonds. The minimum absolute atomic E-state index is 0.0204. The molecule has 1 N–H and O–H groups in total. The Morgan fingerprint density at radius 3 is 2.11 bits per heavy atom. The van der Waals surface area contributed by atoms with Crippen molar-refractivity contribution in [2.75, 3.05) is 15.9 Å². The smallest absolute Gasteiger partial charge is 0.247 e. The van der Waals surface area contributed by atoms with Crippen LogP contribution in [0.25, 0.3) is 0 Å². The van der Waals surface area contributed by atoms with Crippen molar-refractivity contribution >= 4 is 44.7 Å². The number of nitrogens with one attached hydrogen (secondary N) is 1. The first-order valence-corrected chi connectivity index (χ1v) is 13.3. The molecule has 0 heterocycles. The van der Waals surface area contributed by atoms with Crippen LogP contribution in [-0.4, -0.2) is 32.4 Å². The van der Waals surface area contributed by atoms with Crippen molar-refractivity contribution in [2.24, 2.45) is 0 Å². The Hall–Kier alpha value is -3.16. The van der Waals surface area contributed by atoms with Crippen molar-refractivity contribution < 1.29 is 18.0 Å². The van der Waals surface area contributed by atoms with Gasteiger partial charge in [0.05, 0.1) is 11.9 Å². The number of rotatable bonds is 7. The highest BCUT2D eigenvalue weighted by Crippen LogP contribution is 2.26. The van der Waals surface area contributed by atoms with Crippen molar-refractivity contribution in [1.82, 2.24) is 0 Å². The lowest BCUT2D eigenvalue weighted by atomic mass is 9.86. The lowest BCUT2D eigenvalue weighted by Crippen LogP contribution is -2.45. The first-order valence-electron chi connectivity index (χ1n) is 11.1. The highest BCUT2D eigenvalue weighted by molar-refractivity contribution is 7.92. The van der Waals surface area contributed by atoms with Crippen LogP contribution in [0, 0.1) is 0 Å². The zero-order valence-corrected chi connectivity index (χ0v) is 21.9. The average Bonchev–Trinajstić information content (AvgIpc) is 2.77. The Balaban J connectivity index is 1.82. The third kappa shape index (κ3) is 6.50. The molecule has 0 saturated carbocycles. The number of ketones is 1. The number of halogens is 1. The molecule has 3 aromatic carbocycles. The monoisotopic (exact) mass is 512 g/mol. The first kappa shape index (κ1) is 26.4. The molecule has 1 atom stereocenters. The zero-order valence-electron chi connectivity index (χ0n) is 20.4. The van der Waals surface area contributed by atoms with Crippen molar-refractivity contribution in [1.29, 1.82) is 0 Å². The van der Waals surface area contributed by atoms with Gasteiger partial charge in [0.15, 0.2) is 5.78 Å². The number of anilines is 2. The van der Waals surface area contributed by atoms with Gasteiger partial charge in [0.25, 0.3) is 0 Å². The summed E-state index contributed by atoms with van der Waals surface area (Å²) in [6.07, 6.45) is 1.03. The Bertz CT molecular complexity index is 1350. The maximum Gasteiger partial charge on any atom is 0.247 e. The second-order valence-electron chi connectivity index (χ2n) is 9.44. The first-order chi connectivity index (χ1) is 16.3. The molecule has 0 aliphatic rings. The standard InChI is InChI=1S/C27H29ClN2O4S/c1-18(30(35(5,33)34)24-11-7-9-22(28)17-24)26(32)29-23-10-6-8-20(16-23)25(31)19-12-14-21(15-13-19)27(2,3)4/h6-18H,1-5H3,(H,29,32)/t18-/m0/s1. The molecule has 0 aromatic heterocycles. The number of nitrogens with zero attached hydrogens (tertiary/aromatic N) is 1. The number of carbonyl (C=O) groups excluding carboxylic acids is 2. The van der Waals surface area contributed by atoms with Crippen molar-refractivity contribution in [2.45, 2.75) is 39.2 Å². The molecule has 0 aliphatic heterocycles. The largest absolute Gasteiger partial charge is 0.324 e. The molecule has 0 unspecified atom stereocenters. The van der Waals surface area contributed by atoms with Gasteiger partial charge in [-0.05, 0) is 48.2 Å². The molecule has 0 spiro atoms. The maximum absolute atomic E-state index is 13.0. The van der Waals surface area contributed by atoms with E-state index in [0.29, 0.717) is 21.8 Å². The van der Waals surface area contributed by atoms with Crippen LogP contribution >= 0.6 is 11.6 Å². The Labute approximate surface area is 212 Å². The molecular formula is C27H29ClN2O4S. The molecule has 3 rings (SSSR count). The van der Waals surface area contributed by atoms with Gasteiger partial charge >= 0.3 is 0 Å². The van der Waals surface area contributed by atoms with E-state index in [4.69, 9.17) is 11.6 Å². The van der Waals surface area contributed by atoms with Crippen molar-refractivity contribution in [3.63, 3.8) is 0 Å². The molecule has 0 aliphatic carbocycles. The zero-order chi connectivity index (χ0) is 26.0. The number of hydrogen-bond donors (Lipinski definition) is 1. The highest BCUT2D eigenvalue weighted by Gasteiger charge is 2.29. The van der Waals surface area contributed by atoms with Crippen LogP contribution in [0.2, 0.25) is 5.02 Å². The lowest BCUT2D eigenvalue weighted by Gasteiger charge is -2.28. The van der Waals surface area contributed by atoms with Crippen LogP contribution < -0.4 is 9.62 Å². The number of benzene rings is 3. The lowest BCUT2D eigenvalue weighted by molar-refractivity contribution is -0.116. The van der Waals surface area contributed by atoms with Gasteiger partial charge in [-0.25, -0.2) is 8.42 Å². The Morgan fingerprint density at radius 1 is 0.914 bits per heavy atom. The third-order valence-corrected chi connectivity index (χ3v) is 7.03. The minimum Gasteiger partial charge on any atom is -0.324 e. The van der Waals surface area contributed by atoms with E-state index in [1.165, 1.54) is 13.0 Å².